The van der Waals surface area contributed by atoms with E-state index in [-0.39, 0.29) is 17.9 Å². The van der Waals surface area contributed by atoms with Crippen LogP contribution in [0.25, 0.3) is 0 Å². The first-order chi connectivity index (χ1) is 9.00. The Labute approximate surface area is 117 Å². The lowest BCUT2D eigenvalue weighted by atomic mass is 10.0. The molecule has 0 bridgehead atoms. The number of hydrogen-bond acceptors (Lipinski definition) is 3. The van der Waals surface area contributed by atoms with Crippen molar-refractivity contribution in [1.82, 2.24) is 9.80 Å². The lowest BCUT2D eigenvalue weighted by molar-refractivity contribution is -0.135. The Hall–Kier alpha value is -0.610. The van der Waals surface area contributed by atoms with Crippen LogP contribution in [0.5, 0.6) is 0 Å². The largest absolute Gasteiger partial charge is 0.337 e. The average Bonchev–Trinajstić information content (AvgIpc) is 3.20. The molecular formula is C15H29N3O. The molecule has 4 heteroatoms. The molecule has 110 valence electrons. The van der Waals surface area contributed by atoms with Crippen LogP contribution in [0.1, 0.15) is 46.0 Å². The Bertz CT molecular complexity index is 315. The molecule has 1 saturated carbocycles. The number of hydrogen-bond donors (Lipinski definition) is 1. The summed E-state index contributed by atoms with van der Waals surface area (Å²) in [7, 11) is 2.18. The van der Waals surface area contributed by atoms with E-state index in [9.17, 15) is 4.79 Å². The van der Waals surface area contributed by atoms with Gasteiger partial charge < -0.3 is 15.5 Å². The smallest absolute Gasteiger partial charge is 0.240 e. The Balaban J connectivity index is 1.97. The Kier molecular flexibility index (Phi) is 4.85. The van der Waals surface area contributed by atoms with Gasteiger partial charge in [-0.15, -0.1) is 0 Å². The van der Waals surface area contributed by atoms with Crippen LogP contribution in [-0.2, 0) is 4.79 Å². The van der Waals surface area contributed by atoms with E-state index in [2.05, 4.69) is 16.8 Å². The van der Waals surface area contributed by atoms with Gasteiger partial charge in [-0.1, -0.05) is 20.3 Å². The maximum Gasteiger partial charge on any atom is 0.240 e. The van der Waals surface area contributed by atoms with Crippen molar-refractivity contribution < 1.29 is 4.79 Å². The summed E-state index contributed by atoms with van der Waals surface area (Å²) < 4.78 is 0. The van der Waals surface area contributed by atoms with E-state index in [0.717, 1.165) is 25.9 Å². The van der Waals surface area contributed by atoms with Crippen molar-refractivity contribution in [2.75, 3.05) is 20.1 Å². The molecule has 2 N–H and O–H groups in total. The third-order valence-corrected chi connectivity index (χ3v) is 4.60. The van der Waals surface area contributed by atoms with Crippen LogP contribution < -0.4 is 5.73 Å². The number of likely N-dealkylation sites (N-methyl/N-ethyl adjacent to an activating group) is 1. The third kappa shape index (κ3) is 3.69. The summed E-state index contributed by atoms with van der Waals surface area (Å²) in [4.78, 5) is 17.0. The van der Waals surface area contributed by atoms with Gasteiger partial charge in [0, 0.05) is 18.6 Å². The van der Waals surface area contributed by atoms with Crippen molar-refractivity contribution in [1.29, 1.82) is 0 Å². The molecule has 2 aliphatic rings. The predicted octanol–water partition coefficient (Wildman–Crippen LogP) is 1.45. The molecule has 1 aliphatic carbocycles. The number of carbonyl (C=O) groups is 1. The normalized spacial score (nSPS) is 26.5. The fourth-order valence-corrected chi connectivity index (χ4v) is 2.88. The number of rotatable bonds is 5. The monoisotopic (exact) mass is 267 g/mol. The molecule has 0 unspecified atom stereocenters. The van der Waals surface area contributed by atoms with Crippen LogP contribution in [0.2, 0.25) is 0 Å². The molecule has 2 fully saturated rings. The van der Waals surface area contributed by atoms with Crippen LogP contribution >= 0.6 is 0 Å². The van der Waals surface area contributed by atoms with E-state index >= 15 is 0 Å². The van der Waals surface area contributed by atoms with E-state index in [0.29, 0.717) is 12.1 Å². The van der Waals surface area contributed by atoms with Crippen LogP contribution in [0.15, 0.2) is 0 Å². The molecule has 2 rings (SSSR count). The Morgan fingerprint density at radius 2 is 2.00 bits per heavy atom. The van der Waals surface area contributed by atoms with Gasteiger partial charge in [0.25, 0.3) is 0 Å². The van der Waals surface area contributed by atoms with Crippen LogP contribution in [0.4, 0.5) is 0 Å². The molecule has 0 aromatic rings. The Morgan fingerprint density at radius 1 is 1.32 bits per heavy atom. The van der Waals surface area contributed by atoms with E-state index < -0.39 is 0 Å². The zero-order valence-electron chi connectivity index (χ0n) is 12.6. The zero-order chi connectivity index (χ0) is 14.0. The summed E-state index contributed by atoms with van der Waals surface area (Å²) in [6, 6.07) is 0.653. The lowest BCUT2D eigenvalue weighted by Crippen LogP contribution is -2.52. The molecule has 0 aromatic heterocycles. The van der Waals surface area contributed by atoms with Crippen LogP contribution in [-0.4, -0.2) is 54.0 Å². The molecule has 0 aromatic carbocycles. The van der Waals surface area contributed by atoms with Crippen molar-refractivity contribution >= 4 is 5.91 Å². The highest BCUT2D eigenvalue weighted by molar-refractivity contribution is 5.82. The van der Waals surface area contributed by atoms with E-state index in [4.69, 9.17) is 5.73 Å². The summed E-state index contributed by atoms with van der Waals surface area (Å²) in [6.45, 7) is 6.09. The van der Waals surface area contributed by atoms with E-state index in [1.54, 1.807) is 0 Å². The van der Waals surface area contributed by atoms with Crippen LogP contribution in [0.3, 0.4) is 0 Å². The first kappa shape index (κ1) is 14.8. The van der Waals surface area contributed by atoms with Crippen molar-refractivity contribution in [2.24, 2.45) is 11.7 Å². The molecule has 0 radical (unpaired) electrons. The number of carbonyl (C=O) groups excluding carboxylic acids is 1. The fraction of sp³-hybridized carbons (Fsp3) is 0.933. The molecule has 1 saturated heterocycles. The summed E-state index contributed by atoms with van der Waals surface area (Å²) in [5.41, 5.74) is 6.06. The van der Waals surface area contributed by atoms with Gasteiger partial charge in [-0.05, 0) is 45.2 Å². The highest BCUT2D eigenvalue weighted by atomic mass is 16.2. The average molecular weight is 267 g/mol. The van der Waals surface area contributed by atoms with Gasteiger partial charge in [-0.25, -0.2) is 0 Å². The molecular weight excluding hydrogens is 238 g/mol. The zero-order valence-corrected chi connectivity index (χ0v) is 12.6. The molecule has 1 aliphatic heterocycles. The number of amides is 1. The second-order valence-electron chi connectivity index (χ2n) is 6.62. The minimum absolute atomic E-state index is 0.163. The van der Waals surface area contributed by atoms with Gasteiger partial charge in [0.1, 0.15) is 0 Å². The minimum Gasteiger partial charge on any atom is -0.337 e. The number of nitrogens with two attached hydrogens (primary N) is 1. The summed E-state index contributed by atoms with van der Waals surface area (Å²) in [5, 5.41) is 0. The quantitative estimate of drug-likeness (QED) is 0.820. The first-order valence-electron chi connectivity index (χ1n) is 7.77. The highest BCUT2D eigenvalue weighted by Crippen LogP contribution is 2.29. The standard InChI is InChI=1S/C15H29N3O/c1-11(2)14(16)15(19)18(12-7-8-12)10-13-6-4-5-9-17(13)3/h11-14H,4-10,16H2,1-3H3/t13-,14-/m0/s1. The molecule has 1 heterocycles. The molecule has 0 spiro atoms. The summed E-state index contributed by atoms with van der Waals surface area (Å²) in [5.74, 6) is 0.384. The number of piperidine rings is 1. The summed E-state index contributed by atoms with van der Waals surface area (Å²) >= 11 is 0. The minimum atomic E-state index is -0.338. The van der Waals surface area contributed by atoms with Gasteiger partial charge in [-0.2, -0.15) is 0 Å². The molecule has 19 heavy (non-hydrogen) atoms. The van der Waals surface area contributed by atoms with Crippen LogP contribution in [0, 0.1) is 5.92 Å². The maximum absolute atomic E-state index is 12.5. The van der Waals surface area contributed by atoms with Gasteiger partial charge in [0.2, 0.25) is 5.91 Å². The van der Waals surface area contributed by atoms with Gasteiger partial charge in [-0.3, -0.25) is 4.79 Å². The fourth-order valence-electron chi connectivity index (χ4n) is 2.88. The highest BCUT2D eigenvalue weighted by Gasteiger charge is 2.37. The lowest BCUT2D eigenvalue weighted by Gasteiger charge is -2.37. The van der Waals surface area contributed by atoms with Gasteiger partial charge >= 0.3 is 0 Å². The van der Waals surface area contributed by atoms with Crippen molar-refractivity contribution in [2.45, 2.75) is 64.1 Å². The van der Waals surface area contributed by atoms with E-state index in [1.807, 2.05) is 13.8 Å². The van der Waals surface area contributed by atoms with Gasteiger partial charge in [0.05, 0.1) is 6.04 Å². The number of likely N-dealkylation sites (tertiary alicyclic amines) is 1. The first-order valence-corrected chi connectivity index (χ1v) is 7.77. The predicted molar refractivity (Wildman–Crippen MR) is 77.8 cm³/mol. The number of nitrogens with zero attached hydrogens (tertiary/aromatic N) is 2. The van der Waals surface area contributed by atoms with Crippen molar-refractivity contribution in [3.05, 3.63) is 0 Å². The Morgan fingerprint density at radius 3 is 2.53 bits per heavy atom. The van der Waals surface area contributed by atoms with Gasteiger partial charge in [0.15, 0.2) is 0 Å². The SMILES string of the molecule is CC(C)[C@H](N)C(=O)N(C[C@@H]1CCCCN1C)C1CC1. The second kappa shape index (κ2) is 6.23. The van der Waals surface area contributed by atoms with E-state index in [1.165, 1.54) is 19.3 Å². The second-order valence-corrected chi connectivity index (χ2v) is 6.62. The van der Waals surface area contributed by atoms with Crippen molar-refractivity contribution in [3.8, 4) is 0 Å². The third-order valence-electron chi connectivity index (χ3n) is 4.60. The molecule has 2 atom stereocenters. The molecule has 4 nitrogen and oxygen atoms in total. The van der Waals surface area contributed by atoms with Crippen molar-refractivity contribution in [3.63, 3.8) is 0 Å². The maximum atomic E-state index is 12.5. The topological polar surface area (TPSA) is 49.6 Å². The molecule has 1 amide bonds. The summed E-state index contributed by atoms with van der Waals surface area (Å²) in [6.07, 6.45) is 6.11.